The third-order valence-corrected chi connectivity index (χ3v) is 1.57. The Labute approximate surface area is 87.4 Å². The van der Waals surface area contributed by atoms with Crippen molar-refractivity contribution in [3.8, 4) is 17.5 Å². The van der Waals surface area contributed by atoms with E-state index in [2.05, 4.69) is 14.5 Å². The van der Waals surface area contributed by atoms with Crippen LogP contribution in [-0.2, 0) is 6.67 Å². The molecule has 0 aliphatic heterocycles. The predicted molar refractivity (Wildman–Crippen MR) is 43.9 cm³/mol. The van der Waals surface area contributed by atoms with Crippen LogP contribution < -0.4 is 9.47 Å². The number of halogens is 4. The van der Waals surface area contributed by atoms with E-state index in [1.54, 1.807) is 0 Å². The van der Waals surface area contributed by atoms with E-state index < -0.39 is 36.1 Å². The van der Waals surface area contributed by atoms with Crippen LogP contribution in [-0.4, -0.2) is 23.6 Å². The molecule has 0 unspecified atom stereocenters. The second-order valence-corrected chi connectivity index (χ2v) is 2.66. The number of rotatable bonds is 3. The summed E-state index contributed by atoms with van der Waals surface area (Å²) in [7, 11) is 1.07. The van der Waals surface area contributed by atoms with E-state index in [4.69, 9.17) is 0 Å². The lowest BCUT2D eigenvalue weighted by molar-refractivity contribution is -0.276. The molecule has 1 N–H and O–H groups in total. The summed E-state index contributed by atoms with van der Waals surface area (Å²) in [5.74, 6) is -2.08. The third-order valence-electron chi connectivity index (χ3n) is 1.57. The molecular formula is C8H7F4NO3. The molecule has 1 rings (SSSR count). The molecule has 0 fully saturated rings. The fourth-order valence-electron chi connectivity index (χ4n) is 0.955. The molecular weight excluding hydrogens is 234 g/mol. The number of aromatic hydroxyl groups is 1. The number of aromatic nitrogens is 1. The lowest BCUT2D eigenvalue weighted by Crippen LogP contribution is -2.18. The van der Waals surface area contributed by atoms with Crippen LogP contribution in [0.5, 0.6) is 17.5 Å². The molecule has 0 amide bonds. The minimum Gasteiger partial charge on any atom is -0.503 e. The highest BCUT2D eigenvalue weighted by Crippen LogP contribution is 2.33. The van der Waals surface area contributed by atoms with Gasteiger partial charge in [0.2, 0.25) is 5.88 Å². The van der Waals surface area contributed by atoms with Gasteiger partial charge in [-0.2, -0.15) is 4.98 Å². The molecule has 0 atom stereocenters. The first-order valence-corrected chi connectivity index (χ1v) is 3.96. The lowest BCUT2D eigenvalue weighted by atomic mass is 10.2. The van der Waals surface area contributed by atoms with Crippen molar-refractivity contribution in [3.05, 3.63) is 11.6 Å². The molecule has 4 nitrogen and oxygen atoms in total. The largest absolute Gasteiger partial charge is 0.574 e. The summed E-state index contributed by atoms with van der Waals surface area (Å²) < 4.78 is 55.8. The Balaban J connectivity index is 3.12. The molecule has 0 aliphatic carbocycles. The summed E-state index contributed by atoms with van der Waals surface area (Å²) in [6.45, 7) is -1.17. The topological polar surface area (TPSA) is 51.6 Å². The second-order valence-electron chi connectivity index (χ2n) is 2.66. The van der Waals surface area contributed by atoms with Crippen molar-refractivity contribution >= 4 is 0 Å². The Bertz CT molecular complexity index is 355. The number of alkyl halides is 4. The molecule has 0 bridgehead atoms. The number of hydrogen-bond acceptors (Lipinski definition) is 4. The quantitative estimate of drug-likeness (QED) is 0.824. The van der Waals surface area contributed by atoms with Crippen LogP contribution in [0.25, 0.3) is 0 Å². The minimum atomic E-state index is -4.94. The SMILES string of the molecule is COc1nc(OC(F)(F)F)cc(CF)c1O. The number of nitrogens with zero attached hydrogens (tertiary/aromatic N) is 1. The van der Waals surface area contributed by atoms with Crippen molar-refractivity contribution < 1.29 is 32.1 Å². The van der Waals surface area contributed by atoms with Crippen LogP contribution in [0.15, 0.2) is 6.07 Å². The summed E-state index contributed by atoms with van der Waals surface area (Å²) in [4.78, 5) is 3.20. The highest BCUT2D eigenvalue weighted by Gasteiger charge is 2.32. The van der Waals surface area contributed by atoms with Crippen molar-refractivity contribution in [3.63, 3.8) is 0 Å². The van der Waals surface area contributed by atoms with Crippen LogP contribution in [0, 0.1) is 0 Å². The van der Waals surface area contributed by atoms with Gasteiger partial charge in [0.1, 0.15) is 6.67 Å². The van der Waals surface area contributed by atoms with Crippen molar-refractivity contribution in [2.45, 2.75) is 13.0 Å². The van der Waals surface area contributed by atoms with Gasteiger partial charge in [0, 0.05) is 11.6 Å². The van der Waals surface area contributed by atoms with Gasteiger partial charge < -0.3 is 14.6 Å². The molecule has 90 valence electrons. The van der Waals surface area contributed by atoms with Gasteiger partial charge >= 0.3 is 6.36 Å². The van der Waals surface area contributed by atoms with Crippen LogP contribution in [0.2, 0.25) is 0 Å². The first-order chi connectivity index (χ1) is 7.37. The number of hydrogen-bond donors (Lipinski definition) is 1. The summed E-state index contributed by atoms with van der Waals surface area (Å²) in [6.07, 6.45) is -4.94. The fourth-order valence-corrected chi connectivity index (χ4v) is 0.955. The first-order valence-electron chi connectivity index (χ1n) is 3.96. The molecule has 0 aliphatic rings. The van der Waals surface area contributed by atoms with Crippen molar-refractivity contribution in [2.24, 2.45) is 0 Å². The maximum absolute atomic E-state index is 12.3. The van der Waals surface area contributed by atoms with Crippen molar-refractivity contribution in [1.82, 2.24) is 4.98 Å². The monoisotopic (exact) mass is 241 g/mol. The van der Waals surface area contributed by atoms with Gasteiger partial charge in [0.05, 0.1) is 7.11 Å². The van der Waals surface area contributed by atoms with E-state index >= 15 is 0 Å². The molecule has 1 aromatic rings. The molecule has 1 aromatic heterocycles. The number of ether oxygens (including phenoxy) is 2. The zero-order chi connectivity index (χ0) is 12.3. The van der Waals surface area contributed by atoms with Gasteiger partial charge in [0.25, 0.3) is 5.88 Å². The fraction of sp³-hybridized carbons (Fsp3) is 0.375. The van der Waals surface area contributed by atoms with E-state index in [-0.39, 0.29) is 0 Å². The maximum Gasteiger partial charge on any atom is 0.574 e. The number of methoxy groups -OCH3 is 1. The normalized spacial score (nSPS) is 11.3. The van der Waals surface area contributed by atoms with Crippen molar-refractivity contribution in [1.29, 1.82) is 0 Å². The van der Waals surface area contributed by atoms with Gasteiger partial charge in [-0.1, -0.05) is 0 Å². The lowest BCUT2D eigenvalue weighted by Gasteiger charge is -2.11. The van der Waals surface area contributed by atoms with Crippen LogP contribution in [0.1, 0.15) is 5.56 Å². The summed E-state index contributed by atoms with van der Waals surface area (Å²) in [5.41, 5.74) is -0.397. The zero-order valence-corrected chi connectivity index (χ0v) is 8.01. The Morgan fingerprint density at radius 2 is 2.06 bits per heavy atom. The van der Waals surface area contributed by atoms with Gasteiger partial charge in [-0.3, -0.25) is 0 Å². The average molecular weight is 241 g/mol. The first kappa shape index (κ1) is 12.3. The molecule has 0 aromatic carbocycles. The average Bonchev–Trinajstić information content (AvgIpc) is 2.18. The molecule has 0 saturated heterocycles. The van der Waals surface area contributed by atoms with E-state index in [1.807, 2.05) is 0 Å². The highest BCUT2D eigenvalue weighted by atomic mass is 19.4. The van der Waals surface area contributed by atoms with E-state index in [0.717, 1.165) is 7.11 Å². The third kappa shape index (κ3) is 2.88. The smallest absolute Gasteiger partial charge is 0.503 e. The zero-order valence-electron chi connectivity index (χ0n) is 8.01. The van der Waals surface area contributed by atoms with E-state index in [1.165, 1.54) is 0 Å². The van der Waals surface area contributed by atoms with Gasteiger partial charge in [-0.15, -0.1) is 13.2 Å². The van der Waals surface area contributed by atoms with Crippen LogP contribution >= 0.6 is 0 Å². The van der Waals surface area contributed by atoms with Crippen molar-refractivity contribution in [2.75, 3.05) is 7.11 Å². The second kappa shape index (κ2) is 4.42. The van der Waals surface area contributed by atoms with Gasteiger partial charge in [-0.05, 0) is 0 Å². The summed E-state index contributed by atoms with van der Waals surface area (Å²) >= 11 is 0. The molecule has 16 heavy (non-hydrogen) atoms. The molecule has 0 spiro atoms. The Hall–Kier alpha value is -1.73. The van der Waals surface area contributed by atoms with Crippen LogP contribution in [0.3, 0.4) is 0 Å². The van der Waals surface area contributed by atoms with Crippen LogP contribution in [0.4, 0.5) is 17.6 Å². The maximum atomic E-state index is 12.3. The Kier molecular flexibility index (Phi) is 3.41. The Morgan fingerprint density at radius 3 is 2.50 bits per heavy atom. The predicted octanol–water partition coefficient (Wildman–Crippen LogP) is 2.16. The summed E-state index contributed by atoms with van der Waals surface area (Å²) in [5, 5.41) is 9.25. The molecule has 1 heterocycles. The molecule has 0 saturated carbocycles. The van der Waals surface area contributed by atoms with Gasteiger partial charge in [-0.25, -0.2) is 4.39 Å². The minimum absolute atomic E-state index is 0.397. The Morgan fingerprint density at radius 1 is 1.44 bits per heavy atom. The van der Waals surface area contributed by atoms with E-state index in [0.29, 0.717) is 6.07 Å². The van der Waals surface area contributed by atoms with E-state index in [9.17, 15) is 22.7 Å². The standard InChI is InChI=1S/C8H7F4NO3/c1-15-7-6(14)4(3-9)2-5(13-7)16-8(10,11)12/h2,14H,3H2,1H3. The van der Waals surface area contributed by atoms with Gasteiger partial charge in [0.15, 0.2) is 5.75 Å². The number of pyridine rings is 1. The molecule has 0 radical (unpaired) electrons. The summed E-state index contributed by atoms with van der Waals surface area (Å²) in [6, 6.07) is 0.644. The highest BCUT2D eigenvalue weighted by molar-refractivity contribution is 5.43. The molecule has 8 heteroatoms.